The molecule has 1 saturated heterocycles. The summed E-state index contributed by atoms with van der Waals surface area (Å²) in [4.78, 5) is 26.7. The summed E-state index contributed by atoms with van der Waals surface area (Å²) in [6.07, 6.45) is 4.29. The molecule has 1 aliphatic rings. The molecule has 1 aromatic carbocycles. The molecule has 0 aliphatic carbocycles. The van der Waals surface area contributed by atoms with Gasteiger partial charge >= 0.3 is 6.09 Å². The molecular formula is C20H28N6O3. The van der Waals surface area contributed by atoms with E-state index in [1.165, 1.54) is 6.33 Å². The van der Waals surface area contributed by atoms with Crippen molar-refractivity contribution in [3.8, 4) is 5.69 Å². The normalized spacial score (nSPS) is 17.1. The van der Waals surface area contributed by atoms with Crippen molar-refractivity contribution in [1.29, 1.82) is 0 Å². The number of nitrogens with one attached hydrogen (secondary N) is 1. The van der Waals surface area contributed by atoms with Crippen molar-refractivity contribution in [2.75, 3.05) is 13.1 Å². The quantitative estimate of drug-likeness (QED) is 0.825. The maximum atomic E-state index is 12.9. The van der Waals surface area contributed by atoms with Gasteiger partial charge in [0.25, 0.3) is 0 Å². The Balaban J connectivity index is 1.57. The molecule has 0 radical (unpaired) electrons. The highest BCUT2D eigenvalue weighted by Gasteiger charge is 2.27. The first kappa shape index (κ1) is 20.8. The van der Waals surface area contributed by atoms with Crippen LogP contribution in [0.1, 0.15) is 45.6 Å². The number of piperidine rings is 1. The standard InChI is InChI=1S/C20H28N6O3/c1-20(2,3)29-19(28)21-13-17-6-4-5-11-25(17)18(27)12-15-7-9-16(10-8-15)26-14-22-23-24-26/h7-10,14,17H,4-6,11-13H2,1-3H3,(H,21,28). The largest absolute Gasteiger partial charge is 0.444 e. The molecule has 0 bridgehead atoms. The van der Waals surface area contributed by atoms with Gasteiger partial charge in [0, 0.05) is 19.1 Å². The topological polar surface area (TPSA) is 102 Å². The van der Waals surface area contributed by atoms with E-state index in [1.807, 2.05) is 49.9 Å². The Morgan fingerprint density at radius 3 is 2.62 bits per heavy atom. The molecule has 2 heterocycles. The average Bonchev–Trinajstić information content (AvgIpc) is 3.20. The summed E-state index contributed by atoms with van der Waals surface area (Å²) < 4.78 is 6.86. The van der Waals surface area contributed by atoms with Gasteiger partial charge in [-0.2, -0.15) is 0 Å². The van der Waals surface area contributed by atoms with Gasteiger partial charge in [-0.1, -0.05) is 12.1 Å². The molecule has 156 valence electrons. The van der Waals surface area contributed by atoms with Crippen molar-refractivity contribution in [3.63, 3.8) is 0 Å². The molecule has 0 spiro atoms. The van der Waals surface area contributed by atoms with E-state index in [0.717, 1.165) is 30.5 Å². The van der Waals surface area contributed by atoms with E-state index >= 15 is 0 Å². The molecule has 1 unspecified atom stereocenters. The number of tetrazole rings is 1. The van der Waals surface area contributed by atoms with Gasteiger partial charge in [-0.25, -0.2) is 9.48 Å². The Bertz CT molecular complexity index is 814. The average molecular weight is 400 g/mol. The van der Waals surface area contributed by atoms with E-state index in [2.05, 4.69) is 20.8 Å². The lowest BCUT2D eigenvalue weighted by molar-refractivity contribution is -0.134. The third-order valence-electron chi connectivity index (χ3n) is 4.73. The zero-order valence-electron chi connectivity index (χ0n) is 17.2. The third kappa shape index (κ3) is 6.00. The summed E-state index contributed by atoms with van der Waals surface area (Å²) in [7, 11) is 0. The van der Waals surface area contributed by atoms with E-state index in [4.69, 9.17) is 4.74 Å². The minimum absolute atomic E-state index is 0.00994. The Morgan fingerprint density at radius 1 is 1.21 bits per heavy atom. The Labute approximate surface area is 170 Å². The fourth-order valence-electron chi connectivity index (χ4n) is 3.38. The predicted molar refractivity (Wildman–Crippen MR) is 106 cm³/mol. The minimum Gasteiger partial charge on any atom is -0.444 e. The van der Waals surface area contributed by atoms with Crippen molar-refractivity contribution >= 4 is 12.0 Å². The molecular weight excluding hydrogens is 372 g/mol. The number of carbonyl (C=O) groups excluding carboxylic acids is 2. The molecule has 3 rings (SSSR count). The number of benzene rings is 1. The van der Waals surface area contributed by atoms with Crippen LogP contribution < -0.4 is 5.32 Å². The zero-order chi connectivity index (χ0) is 20.9. The monoisotopic (exact) mass is 400 g/mol. The number of alkyl carbamates (subject to hydrolysis) is 1. The number of ether oxygens (including phenoxy) is 1. The van der Waals surface area contributed by atoms with Crippen LogP contribution in [0, 0.1) is 0 Å². The second-order valence-corrected chi connectivity index (χ2v) is 8.22. The lowest BCUT2D eigenvalue weighted by Crippen LogP contribution is -2.50. The van der Waals surface area contributed by atoms with E-state index < -0.39 is 11.7 Å². The van der Waals surface area contributed by atoms with Gasteiger partial charge < -0.3 is 15.0 Å². The lowest BCUT2D eigenvalue weighted by atomic mass is 10.0. The van der Waals surface area contributed by atoms with Gasteiger partial charge in [-0.15, -0.1) is 5.10 Å². The molecule has 29 heavy (non-hydrogen) atoms. The smallest absolute Gasteiger partial charge is 0.407 e. The number of aromatic nitrogens is 4. The summed E-state index contributed by atoms with van der Waals surface area (Å²) in [6.45, 7) is 6.59. The zero-order valence-corrected chi connectivity index (χ0v) is 17.2. The summed E-state index contributed by atoms with van der Waals surface area (Å²) in [5, 5.41) is 13.9. The highest BCUT2D eigenvalue weighted by atomic mass is 16.6. The molecule has 2 aromatic rings. The predicted octanol–water partition coefficient (Wildman–Crippen LogP) is 2.11. The molecule has 0 saturated carbocycles. The second-order valence-electron chi connectivity index (χ2n) is 8.22. The van der Waals surface area contributed by atoms with E-state index in [-0.39, 0.29) is 11.9 Å². The number of hydrogen-bond donors (Lipinski definition) is 1. The Hall–Kier alpha value is -2.97. The fraction of sp³-hybridized carbons (Fsp3) is 0.550. The van der Waals surface area contributed by atoms with Crippen LogP contribution in [0.4, 0.5) is 4.79 Å². The number of nitrogens with zero attached hydrogens (tertiary/aromatic N) is 5. The summed E-state index contributed by atoms with van der Waals surface area (Å²) >= 11 is 0. The van der Waals surface area contributed by atoms with Gasteiger partial charge in [0.05, 0.1) is 12.1 Å². The maximum absolute atomic E-state index is 12.9. The third-order valence-corrected chi connectivity index (χ3v) is 4.73. The number of rotatable bonds is 5. The molecule has 1 fully saturated rings. The lowest BCUT2D eigenvalue weighted by Gasteiger charge is -2.36. The van der Waals surface area contributed by atoms with Crippen LogP contribution >= 0.6 is 0 Å². The van der Waals surface area contributed by atoms with Crippen LogP contribution in [0.15, 0.2) is 30.6 Å². The molecule has 1 atom stereocenters. The molecule has 9 heteroatoms. The van der Waals surface area contributed by atoms with Crippen molar-refractivity contribution in [3.05, 3.63) is 36.2 Å². The maximum Gasteiger partial charge on any atom is 0.407 e. The molecule has 2 amide bonds. The van der Waals surface area contributed by atoms with Gasteiger partial charge in [0.1, 0.15) is 11.9 Å². The summed E-state index contributed by atoms with van der Waals surface area (Å²) in [5.74, 6) is 0.0656. The minimum atomic E-state index is -0.541. The molecule has 1 aliphatic heterocycles. The molecule has 1 N–H and O–H groups in total. The SMILES string of the molecule is CC(C)(C)OC(=O)NCC1CCCCN1C(=O)Cc1ccc(-n2cnnn2)cc1. The molecule has 9 nitrogen and oxygen atoms in total. The number of likely N-dealkylation sites (tertiary alicyclic amines) is 1. The second kappa shape index (κ2) is 9.02. The van der Waals surface area contributed by atoms with E-state index in [0.29, 0.717) is 19.5 Å². The Kier molecular flexibility index (Phi) is 6.46. The highest BCUT2D eigenvalue weighted by molar-refractivity contribution is 5.79. The summed E-state index contributed by atoms with van der Waals surface area (Å²) in [6, 6.07) is 7.58. The number of hydrogen-bond acceptors (Lipinski definition) is 6. The van der Waals surface area contributed by atoms with Gasteiger partial charge in [-0.3, -0.25) is 4.79 Å². The Morgan fingerprint density at radius 2 is 1.97 bits per heavy atom. The van der Waals surface area contributed by atoms with Crippen LogP contribution in [0.2, 0.25) is 0 Å². The highest BCUT2D eigenvalue weighted by Crippen LogP contribution is 2.19. The van der Waals surface area contributed by atoms with E-state index in [9.17, 15) is 9.59 Å². The van der Waals surface area contributed by atoms with Crippen LogP contribution in [0.5, 0.6) is 0 Å². The van der Waals surface area contributed by atoms with Crippen molar-refractivity contribution in [2.45, 2.75) is 58.1 Å². The van der Waals surface area contributed by atoms with Gasteiger partial charge in [0.15, 0.2) is 0 Å². The first-order valence-corrected chi connectivity index (χ1v) is 9.90. The fourth-order valence-corrected chi connectivity index (χ4v) is 3.38. The van der Waals surface area contributed by atoms with Crippen LogP contribution in [-0.4, -0.2) is 61.8 Å². The van der Waals surface area contributed by atoms with E-state index in [1.54, 1.807) is 4.68 Å². The van der Waals surface area contributed by atoms with Crippen LogP contribution in [-0.2, 0) is 16.0 Å². The molecule has 1 aromatic heterocycles. The first-order valence-electron chi connectivity index (χ1n) is 9.90. The summed E-state index contributed by atoms with van der Waals surface area (Å²) in [5.41, 5.74) is 1.22. The van der Waals surface area contributed by atoms with Gasteiger partial charge in [0.2, 0.25) is 5.91 Å². The van der Waals surface area contributed by atoms with Crippen LogP contribution in [0.3, 0.4) is 0 Å². The van der Waals surface area contributed by atoms with Gasteiger partial charge in [-0.05, 0) is 68.2 Å². The van der Waals surface area contributed by atoms with Crippen molar-refractivity contribution in [2.24, 2.45) is 0 Å². The van der Waals surface area contributed by atoms with Crippen molar-refractivity contribution < 1.29 is 14.3 Å². The number of amides is 2. The number of carbonyl (C=O) groups is 2. The van der Waals surface area contributed by atoms with Crippen molar-refractivity contribution in [1.82, 2.24) is 30.4 Å². The first-order chi connectivity index (χ1) is 13.8. The van der Waals surface area contributed by atoms with Crippen LogP contribution in [0.25, 0.3) is 5.69 Å².